The zero-order valence-corrected chi connectivity index (χ0v) is 13.6. The largest absolute Gasteiger partial charge is 0.378 e. The highest BCUT2D eigenvalue weighted by Gasteiger charge is 2.17. The fraction of sp³-hybridized carbons (Fsp3) is 0.529. The maximum absolute atomic E-state index is 5.45. The van der Waals surface area contributed by atoms with E-state index in [0.717, 1.165) is 70.1 Å². The Morgan fingerprint density at radius 2 is 1.43 bits per heavy atom. The third kappa shape index (κ3) is 4.53. The summed E-state index contributed by atoms with van der Waals surface area (Å²) in [5.74, 6) is 1.76. The highest BCUT2D eigenvalue weighted by atomic mass is 16.5. The van der Waals surface area contributed by atoms with Crippen LogP contribution in [0.5, 0.6) is 0 Å². The fourth-order valence-electron chi connectivity index (χ4n) is 2.65. The molecule has 1 aromatic rings. The Balaban J connectivity index is 1.83. The topological polar surface area (TPSA) is 49.7 Å². The molecule has 2 aliphatic rings. The third-order valence-corrected chi connectivity index (χ3v) is 4.01. The predicted molar refractivity (Wildman–Crippen MR) is 91.4 cm³/mol. The normalized spacial score (nSPS) is 20.7. The number of guanidine groups is 1. The van der Waals surface area contributed by atoms with E-state index in [0.29, 0.717) is 0 Å². The van der Waals surface area contributed by atoms with Gasteiger partial charge in [0, 0.05) is 26.2 Å². The molecular weight excluding hydrogens is 292 g/mol. The molecule has 0 atom stereocenters. The molecule has 0 radical (unpaired) electrons. The van der Waals surface area contributed by atoms with Gasteiger partial charge in [0.1, 0.15) is 5.84 Å². The van der Waals surface area contributed by atoms with Crippen LogP contribution < -0.4 is 0 Å². The van der Waals surface area contributed by atoms with Crippen molar-refractivity contribution in [3.05, 3.63) is 30.3 Å². The minimum atomic E-state index is 0.722. The summed E-state index contributed by atoms with van der Waals surface area (Å²) in [6.07, 6.45) is 0. The van der Waals surface area contributed by atoms with E-state index in [1.165, 1.54) is 0 Å². The average molecular weight is 316 g/mol. The van der Waals surface area contributed by atoms with Crippen LogP contribution in [0.15, 0.2) is 40.3 Å². The van der Waals surface area contributed by atoms with Crippen molar-refractivity contribution in [3.63, 3.8) is 0 Å². The van der Waals surface area contributed by atoms with E-state index in [-0.39, 0.29) is 0 Å². The minimum absolute atomic E-state index is 0.722. The lowest BCUT2D eigenvalue weighted by Crippen LogP contribution is -2.43. The molecule has 23 heavy (non-hydrogen) atoms. The Labute approximate surface area is 137 Å². The molecule has 0 spiro atoms. The SMILES string of the molecule is C/C(=N\C(=Nc1ccccc1)N1CCOCC1)N1CCOCC1. The summed E-state index contributed by atoms with van der Waals surface area (Å²) in [5, 5.41) is 0. The molecular formula is C17H24N4O2. The van der Waals surface area contributed by atoms with Gasteiger partial charge in [-0.2, -0.15) is 0 Å². The van der Waals surface area contributed by atoms with Crippen LogP contribution in [0, 0.1) is 0 Å². The monoisotopic (exact) mass is 316 g/mol. The molecule has 6 heteroatoms. The van der Waals surface area contributed by atoms with Gasteiger partial charge in [-0.05, 0) is 19.1 Å². The molecule has 0 saturated carbocycles. The molecule has 6 nitrogen and oxygen atoms in total. The highest BCUT2D eigenvalue weighted by Crippen LogP contribution is 2.13. The van der Waals surface area contributed by atoms with Crippen LogP contribution in [-0.4, -0.2) is 74.2 Å². The summed E-state index contributed by atoms with van der Waals surface area (Å²) in [4.78, 5) is 14.0. The van der Waals surface area contributed by atoms with Gasteiger partial charge in [-0.3, -0.25) is 0 Å². The molecule has 2 aliphatic heterocycles. The lowest BCUT2D eigenvalue weighted by atomic mass is 10.3. The van der Waals surface area contributed by atoms with Crippen molar-refractivity contribution >= 4 is 17.5 Å². The number of para-hydroxylation sites is 1. The van der Waals surface area contributed by atoms with E-state index in [1.807, 2.05) is 37.3 Å². The molecule has 0 unspecified atom stereocenters. The van der Waals surface area contributed by atoms with Crippen LogP contribution in [0.3, 0.4) is 0 Å². The van der Waals surface area contributed by atoms with Crippen molar-refractivity contribution < 1.29 is 9.47 Å². The molecule has 3 rings (SSSR count). The molecule has 1 aromatic carbocycles. The van der Waals surface area contributed by atoms with Gasteiger partial charge in [-0.1, -0.05) is 18.2 Å². The van der Waals surface area contributed by atoms with Crippen molar-refractivity contribution in [2.45, 2.75) is 6.92 Å². The summed E-state index contributed by atoms with van der Waals surface area (Å²) < 4.78 is 10.9. The first kappa shape index (κ1) is 16.0. The van der Waals surface area contributed by atoms with Gasteiger partial charge in [-0.15, -0.1) is 0 Å². The molecule has 2 heterocycles. The van der Waals surface area contributed by atoms with Crippen LogP contribution in [0.2, 0.25) is 0 Å². The summed E-state index contributed by atoms with van der Waals surface area (Å²) in [6, 6.07) is 9.98. The zero-order valence-electron chi connectivity index (χ0n) is 13.6. The van der Waals surface area contributed by atoms with E-state index in [4.69, 9.17) is 19.5 Å². The number of nitrogens with zero attached hydrogens (tertiary/aromatic N) is 4. The van der Waals surface area contributed by atoms with Crippen molar-refractivity contribution in [1.82, 2.24) is 9.80 Å². The average Bonchev–Trinajstić information content (AvgIpc) is 2.63. The van der Waals surface area contributed by atoms with Crippen molar-refractivity contribution in [3.8, 4) is 0 Å². The van der Waals surface area contributed by atoms with Crippen LogP contribution in [0.4, 0.5) is 5.69 Å². The van der Waals surface area contributed by atoms with Gasteiger partial charge in [-0.25, -0.2) is 9.98 Å². The van der Waals surface area contributed by atoms with E-state index in [2.05, 4.69) is 9.80 Å². The van der Waals surface area contributed by atoms with Gasteiger partial charge >= 0.3 is 0 Å². The Kier molecular flexibility index (Phi) is 5.60. The number of amidine groups is 1. The first-order chi connectivity index (χ1) is 11.3. The number of hydrogen-bond acceptors (Lipinski definition) is 3. The molecule has 124 valence electrons. The highest BCUT2D eigenvalue weighted by molar-refractivity contribution is 5.96. The summed E-state index contributed by atoms with van der Waals surface area (Å²) >= 11 is 0. The second-order valence-electron chi connectivity index (χ2n) is 5.61. The van der Waals surface area contributed by atoms with Gasteiger partial charge < -0.3 is 19.3 Å². The van der Waals surface area contributed by atoms with Crippen molar-refractivity contribution in [2.24, 2.45) is 9.98 Å². The van der Waals surface area contributed by atoms with Gasteiger partial charge in [0.25, 0.3) is 0 Å². The molecule has 0 aromatic heterocycles. The van der Waals surface area contributed by atoms with Crippen LogP contribution in [0.25, 0.3) is 0 Å². The molecule has 0 amide bonds. The fourth-order valence-corrected chi connectivity index (χ4v) is 2.65. The Morgan fingerprint density at radius 1 is 0.870 bits per heavy atom. The van der Waals surface area contributed by atoms with Crippen LogP contribution in [-0.2, 0) is 9.47 Å². The number of benzene rings is 1. The van der Waals surface area contributed by atoms with Gasteiger partial charge in [0.2, 0.25) is 5.96 Å². The molecule has 0 aliphatic carbocycles. The smallest absolute Gasteiger partial charge is 0.227 e. The lowest BCUT2D eigenvalue weighted by molar-refractivity contribution is 0.0659. The second kappa shape index (κ2) is 8.08. The van der Waals surface area contributed by atoms with E-state index < -0.39 is 0 Å². The molecule has 0 N–H and O–H groups in total. The van der Waals surface area contributed by atoms with E-state index in [9.17, 15) is 0 Å². The summed E-state index contributed by atoms with van der Waals surface area (Å²) in [7, 11) is 0. The van der Waals surface area contributed by atoms with Gasteiger partial charge in [0.15, 0.2) is 0 Å². The molecule has 2 saturated heterocycles. The Hall–Kier alpha value is -1.92. The summed E-state index contributed by atoms with van der Waals surface area (Å²) in [5.41, 5.74) is 0.924. The summed E-state index contributed by atoms with van der Waals surface area (Å²) in [6.45, 7) is 8.43. The van der Waals surface area contributed by atoms with Crippen molar-refractivity contribution in [2.75, 3.05) is 52.6 Å². The van der Waals surface area contributed by atoms with Crippen molar-refractivity contribution in [1.29, 1.82) is 0 Å². The minimum Gasteiger partial charge on any atom is -0.378 e. The van der Waals surface area contributed by atoms with Crippen LogP contribution in [0.1, 0.15) is 6.92 Å². The molecule has 2 fully saturated rings. The first-order valence-corrected chi connectivity index (χ1v) is 8.17. The quantitative estimate of drug-likeness (QED) is 0.585. The maximum Gasteiger partial charge on any atom is 0.227 e. The lowest BCUT2D eigenvalue weighted by Gasteiger charge is -2.31. The number of hydrogen-bond donors (Lipinski definition) is 0. The number of aliphatic imine (C=N–C) groups is 2. The number of ether oxygens (including phenoxy) is 2. The van der Waals surface area contributed by atoms with Gasteiger partial charge in [0.05, 0.1) is 32.1 Å². The van der Waals surface area contributed by atoms with E-state index in [1.54, 1.807) is 0 Å². The first-order valence-electron chi connectivity index (χ1n) is 8.17. The zero-order chi connectivity index (χ0) is 15.9. The number of morpholine rings is 2. The Bertz CT molecular complexity index is 547. The predicted octanol–water partition coefficient (Wildman–Crippen LogP) is 1.76. The second-order valence-corrected chi connectivity index (χ2v) is 5.61. The standard InChI is InChI=1S/C17H24N4O2/c1-15(20-7-11-22-12-8-20)18-17(21-9-13-23-14-10-21)19-16-5-3-2-4-6-16/h2-6H,7-14H2,1H3/b18-15+,19-17?. The van der Waals surface area contributed by atoms with E-state index >= 15 is 0 Å². The van der Waals surface area contributed by atoms with Crippen LogP contribution >= 0.6 is 0 Å². The third-order valence-electron chi connectivity index (χ3n) is 4.01. The maximum atomic E-state index is 5.45. The Morgan fingerprint density at radius 3 is 2.04 bits per heavy atom. The number of rotatable bonds is 1. The molecule has 0 bridgehead atoms.